The Morgan fingerprint density at radius 2 is 2.00 bits per heavy atom. The summed E-state index contributed by atoms with van der Waals surface area (Å²) in [4.78, 5) is 54.8. The third-order valence-corrected chi connectivity index (χ3v) is 6.80. The minimum atomic E-state index is -0.864. The number of ether oxygens (including phenoxy) is 2. The van der Waals surface area contributed by atoms with Crippen LogP contribution in [0.1, 0.15) is 46.2 Å². The maximum Gasteiger partial charge on any atom is 0.305 e. The second-order valence-electron chi connectivity index (χ2n) is 8.99. The van der Waals surface area contributed by atoms with Crippen LogP contribution in [-0.4, -0.2) is 64.2 Å². The summed E-state index contributed by atoms with van der Waals surface area (Å²) in [6.07, 6.45) is 3.08. The Hall–Kier alpha value is -3.80. The van der Waals surface area contributed by atoms with Crippen molar-refractivity contribution in [1.29, 1.82) is 0 Å². The number of hydrogen-bond donors (Lipinski definition) is 1. The van der Waals surface area contributed by atoms with E-state index < -0.39 is 47.4 Å². The molecule has 1 N–H and O–H groups in total. The minimum absolute atomic E-state index is 0.0225. The van der Waals surface area contributed by atoms with Gasteiger partial charge in [-0.25, -0.2) is 8.78 Å². The molecule has 2 aromatic rings. The number of benzene rings is 1. The van der Waals surface area contributed by atoms with Crippen LogP contribution in [-0.2, 0) is 22.6 Å². The highest BCUT2D eigenvalue weighted by Gasteiger charge is 2.48. The lowest BCUT2D eigenvalue weighted by Crippen LogP contribution is -2.50. The molecule has 2 saturated heterocycles. The Kier molecular flexibility index (Phi) is 6.20. The largest absolute Gasteiger partial charge is 0.451 e. The molecule has 0 bridgehead atoms. The predicted octanol–water partition coefficient (Wildman–Crippen LogP) is 1.22. The SMILES string of the molecule is CC(=O)OCOc1c2n(cc(C(=O)NCc3ccc(F)cc3F)c1=O)C[C@@H]1N(C[C@H]3CCCN31)C2=O. The molecule has 190 valence electrons. The highest BCUT2D eigenvalue weighted by atomic mass is 19.1. The first-order valence-corrected chi connectivity index (χ1v) is 11.6. The van der Waals surface area contributed by atoms with E-state index in [-0.39, 0.29) is 35.6 Å². The smallest absolute Gasteiger partial charge is 0.305 e. The maximum absolute atomic E-state index is 14.0. The fraction of sp³-hybridized carbons (Fsp3) is 0.417. The van der Waals surface area contributed by atoms with Crippen molar-refractivity contribution in [3.05, 3.63) is 63.1 Å². The van der Waals surface area contributed by atoms with Gasteiger partial charge >= 0.3 is 5.97 Å². The number of carbonyl (C=O) groups excluding carboxylic acids is 3. The van der Waals surface area contributed by atoms with Crippen molar-refractivity contribution in [3.63, 3.8) is 0 Å². The van der Waals surface area contributed by atoms with Gasteiger partial charge in [-0.05, 0) is 18.9 Å². The second-order valence-corrected chi connectivity index (χ2v) is 8.99. The number of aromatic nitrogens is 1. The molecule has 1 aromatic heterocycles. The number of hydrogen-bond acceptors (Lipinski definition) is 7. The van der Waals surface area contributed by atoms with Gasteiger partial charge in [-0.3, -0.25) is 24.1 Å². The molecule has 5 rings (SSSR count). The number of esters is 1. The maximum atomic E-state index is 14.0. The van der Waals surface area contributed by atoms with E-state index in [9.17, 15) is 28.0 Å². The van der Waals surface area contributed by atoms with Gasteiger partial charge in [-0.15, -0.1) is 0 Å². The Morgan fingerprint density at radius 1 is 1.19 bits per heavy atom. The average Bonchev–Trinajstić information content (AvgIpc) is 3.42. The van der Waals surface area contributed by atoms with Gasteiger partial charge in [0.15, 0.2) is 5.69 Å². The lowest BCUT2D eigenvalue weighted by atomic mass is 10.1. The zero-order chi connectivity index (χ0) is 25.6. The fourth-order valence-corrected chi connectivity index (χ4v) is 5.11. The van der Waals surface area contributed by atoms with Gasteiger partial charge in [-0.1, -0.05) is 6.07 Å². The molecule has 0 spiro atoms. The summed E-state index contributed by atoms with van der Waals surface area (Å²) in [6.45, 7) is 1.95. The fourth-order valence-electron chi connectivity index (χ4n) is 5.11. The second kappa shape index (κ2) is 9.34. The number of carbonyl (C=O) groups is 3. The van der Waals surface area contributed by atoms with E-state index in [1.165, 1.54) is 16.8 Å². The molecule has 12 heteroatoms. The topological polar surface area (TPSA) is 110 Å². The summed E-state index contributed by atoms with van der Waals surface area (Å²) in [5.74, 6) is -3.86. The highest BCUT2D eigenvalue weighted by molar-refractivity contribution is 5.99. The molecule has 3 aliphatic rings. The summed E-state index contributed by atoms with van der Waals surface area (Å²) in [7, 11) is 0. The Labute approximate surface area is 204 Å². The number of rotatable bonds is 6. The van der Waals surface area contributed by atoms with Gasteiger partial charge in [0.05, 0.1) is 6.54 Å². The molecule has 36 heavy (non-hydrogen) atoms. The van der Waals surface area contributed by atoms with Crippen molar-refractivity contribution in [2.45, 2.75) is 45.1 Å². The summed E-state index contributed by atoms with van der Waals surface area (Å²) in [5, 5.41) is 2.46. The van der Waals surface area contributed by atoms with Crippen LogP contribution in [0.25, 0.3) is 0 Å². The van der Waals surface area contributed by atoms with Crippen LogP contribution in [0.5, 0.6) is 5.75 Å². The lowest BCUT2D eigenvalue weighted by molar-refractivity contribution is -0.147. The molecule has 0 aliphatic carbocycles. The molecule has 4 heterocycles. The van der Waals surface area contributed by atoms with Crippen LogP contribution in [0.4, 0.5) is 8.78 Å². The number of fused-ring (bicyclic) bond motifs is 4. The molecular weight excluding hydrogens is 478 g/mol. The van der Waals surface area contributed by atoms with Crippen molar-refractivity contribution < 1.29 is 32.6 Å². The third-order valence-electron chi connectivity index (χ3n) is 6.80. The molecule has 2 fully saturated rings. The van der Waals surface area contributed by atoms with E-state index in [4.69, 9.17) is 9.47 Å². The zero-order valence-electron chi connectivity index (χ0n) is 19.5. The van der Waals surface area contributed by atoms with Crippen LogP contribution in [0.15, 0.2) is 29.2 Å². The Bertz CT molecular complexity index is 1310. The summed E-state index contributed by atoms with van der Waals surface area (Å²) in [6, 6.07) is 3.18. The molecule has 0 saturated carbocycles. The van der Waals surface area contributed by atoms with E-state index in [0.717, 1.165) is 32.4 Å². The van der Waals surface area contributed by atoms with Gasteiger partial charge in [0.25, 0.3) is 11.8 Å². The number of nitrogens with zero attached hydrogens (tertiary/aromatic N) is 3. The molecule has 0 radical (unpaired) electrons. The number of pyridine rings is 1. The monoisotopic (exact) mass is 502 g/mol. The van der Waals surface area contributed by atoms with E-state index >= 15 is 0 Å². The van der Waals surface area contributed by atoms with Crippen molar-refractivity contribution in [1.82, 2.24) is 19.7 Å². The van der Waals surface area contributed by atoms with Gasteiger partial charge in [0.1, 0.15) is 23.4 Å². The summed E-state index contributed by atoms with van der Waals surface area (Å²) >= 11 is 0. The van der Waals surface area contributed by atoms with Gasteiger partial charge in [0, 0.05) is 50.4 Å². The molecule has 0 unspecified atom stereocenters. The van der Waals surface area contributed by atoms with Gasteiger partial charge < -0.3 is 24.3 Å². The number of halogens is 2. The number of amides is 2. The molecule has 1 aromatic carbocycles. The first kappa shape index (κ1) is 23.9. The van der Waals surface area contributed by atoms with Gasteiger partial charge in [-0.2, -0.15) is 0 Å². The Balaban J connectivity index is 1.48. The number of nitrogens with one attached hydrogen (secondary N) is 1. The van der Waals surface area contributed by atoms with Crippen molar-refractivity contribution in [2.24, 2.45) is 0 Å². The molecule has 10 nitrogen and oxygen atoms in total. The van der Waals surface area contributed by atoms with Crippen molar-refractivity contribution >= 4 is 17.8 Å². The van der Waals surface area contributed by atoms with E-state index in [0.29, 0.717) is 19.2 Å². The average molecular weight is 502 g/mol. The molecule has 2 amide bonds. The van der Waals surface area contributed by atoms with E-state index in [1.54, 1.807) is 4.90 Å². The molecule has 2 atom stereocenters. The van der Waals surface area contributed by atoms with Crippen molar-refractivity contribution in [3.8, 4) is 5.75 Å². The summed E-state index contributed by atoms with van der Waals surface area (Å²) in [5.41, 5.74) is -1.18. The third kappa shape index (κ3) is 4.21. The predicted molar refractivity (Wildman–Crippen MR) is 120 cm³/mol. The highest BCUT2D eigenvalue weighted by Crippen LogP contribution is 2.35. The van der Waals surface area contributed by atoms with Crippen LogP contribution in [0.3, 0.4) is 0 Å². The quantitative estimate of drug-likeness (QED) is 0.467. The van der Waals surface area contributed by atoms with Crippen LogP contribution in [0.2, 0.25) is 0 Å². The van der Waals surface area contributed by atoms with Gasteiger partial charge in [0.2, 0.25) is 18.0 Å². The normalized spacial score (nSPS) is 20.5. The molecular formula is C24H24F2N4O6. The van der Waals surface area contributed by atoms with Crippen LogP contribution < -0.4 is 15.5 Å². The van der Waals surface area contributed by atoms with Crippen LogP contribution in [0, 0.1) is 11.6 Å². The zero-order valence-corrected chi connectivity index (χ0v) is 19.5. The van der Waals surface area contributed by atoms with E-state index in [1.807, 2.05) is 0 Å². The lowest BCUT2D eigenvalue weighted by Gasteiger charge is -2.36. The molecule has 3 aliphatic heterocycles. The first-order chi connectivity index (χ1) is 17.2. The van der Waals surface area contributed by atoms with E-state index in [2.05, 4.69) is 10.2 Å². The minimum Gasteiger partial charge on any atom is -0.451 e. The van der Waals surface area contributed by atoms with Crippen molar-refractivity contribution in [2.75, 3.05) is 19.9 Å². The van der Waals surface area contributed by atoms with Crippen LogP contribution >= 0.6 is 0 Å². The standard InChI is InChI=1S/C24H24F2N4O6/c1-13(31)35-12-36-22-20-24(34)30-9-16-3-2-6-29(16)19(30)11-28(20)10-17(21(22)32)23(33)27-8-14-4-5-15(25)7-18(14)26/h4-5,7,10,16,19H,2-3,6,8-9,11-12H2,1H3,(H,27,33)/t16-,19+/m1/s1. The Morgan fingerprint density at radius 3 is 2.75 bits per heavy atom. The summed E-state index contributed by atoms with van der Waals surface area (Å²) < 4.78 is 38.9. The first-order valence-electron chi connectivity index (χ1n) is 11.6.